The number of rotatable bonds is 6. The molecule has 2 aromatic carbocycles. The van der Waals surface area contributed by atoms with Gasteiger partial charge in [-0.25, -0.2) is 4.98 Å². The largest absolute Gasteiger partial charge is 0.348 e. The fourth-order valence-electron chi connectivity index (χ4n) is 2.42. The molecule has 3 aromatic rings. The number of hydrogen-bond donors (Lipinski definition) is 1. The minimum absolute atomic E-state index is 0.0464. The first kappa shape index (κ1) is 17.7. The minimum Gasteiger partial charge on any atom is -0.348 e. The van der Waals surface area contributed by atoms with Gasteiger partial charge in [0.25, 0.3) is 5.91 Å². The molecule has 0 bridgehead atoms. The Morgan fingerprint density at radius 2 is 1.88 bits per heavy atom. The summed E-state index contributed by atoms with van der Waals surface area (Å²) in [6.45, 7) is 4.62. The van der Waals surface area contributed by atoms with E-state index in [-0.39, 0.29) is 5.91 Å². The number of amides is 1. The van der Waals surface area contributed by atoms with Crippen molar-refractivity contribution in [3.8, 4) is 0 Å². The van der Waals surface area contributed by atoms with Crippen LogP contribution in [0.4, 0.5) is 0 Å². The van der Waals surface area contributed by atoms with Crippen LogP contribution < -0.4 is 5.32 Å². The molecule has 5 heteroatoms. The van der Waals surface area contributed by atoms with Gasteiger partial charge >= 0.3 is 0 Å². The van der Waals surface area contributed by atoms with E-state index in [4.69, 9.17) is 0 Å². The Labute approximate surface area is 156 Å². The number of hydrogen-bond acceptors (Lipinski definition) is 4. The maximum atomic E-state index is 12.3. The molecule has 3 nitrogen and oxygen atoms in total. The molecule has 0 saturated carbocycles. The van der Waals surface area contributed by atoms with Crippen molar-refractivity contribution in [1.29, 1.82) is 0 Å². The highest BCUT2D eigenvalue weighted by atomic mass is 32.2. The van der Waals surface area contributed by atoms with Crippen molar-refractivity contribution in [2.75, 3.05) is 0 Å². The van der Waals surface area contributed by atoms with Crippen molar-refractivity contribution in [2.45, 2.75) is 31.0 Å². The normalized spacial score (nSPS) is 10.6. The lowest BCUT2D eigenvalue weighted by atomic mass is 10.1. The van der Waals surface area contributed by atoms with Crippen molar-refractivity contribution >= 4 is 29.0 Å². The van der Waals surface area contributed by atoms with E-state index in [1.54, 1.807) is 23.1 Å². The van der Waals surface area contributed by atoms with Crippen molar-refractivity contribution in [3.63, 3.8) is 0 Å². The standard InChI is InChI=1S/C20H20N2OS2/c1-14-5-3-4-6-17(14)11-21-20(23)16-7-9-19(10-8-16)25-13-18-12-24-15(2)22-18/h3-10,12H,11,13H2,1-2H3,(H,21,23). The molecule has 0 spiro atoms. The molecule has 1 N–H and O–H groups in total. The maximum absolute atomic E-state index is 12.3. The van der Waals surface area contributed by atoms with Crippen LogP contribution in [-0.4, -0.2) is 10.9 Å². The number of nitrogens with one attached hydrogen (secondary N) is 1. The number of carbonyl (C=O) groups is 1. The fraction of sp³-hybridized carbons (Fsp3) is 0.200. The van der Waals surface area contributed by atoms with Gasteiger partial charge in [-0.05, 0) is 49.2 Å². The summed E-state index contributed by atoms with van der Waals surface area (Å²) in [5.74, 6) is 0.804. The van der Waals surface area contributed by atoms with Crippen LogP contribution in [-0.2, 0) is 12.3 Å². The zero-order valence-corrected chi connectivity index (χ0v) is 15.9. The Morgan fingerprint density at radius 1 is 1.12 bits per heavy atom. The van der Waals surface area contributed by atoms with Crippen LogP contribution in [0.5, 0.6) is 0 Å². The van der Waals surface area contributed by atoms with E-state index in [2.05, 4.69) is 28.7 Å². The number of aromatic nitrogens is 1. The highest BCUT2D eigenvalue weighted by Gasteiger charge is 2.07. The number of thioether (sulfide) groups is 1. The Morgan fingerprint density at radius 3 is 2.56 bits per heavy atom. The Balaban J connectivity index is 1.54. The Hall–Kier alpha value is -2.11. The number of nitrogens with zero attached hydrogens (tertiary/aromatic N) is 1. The van der Waals surface area contributed by atoms with Crippen LogP contribution in [0, 0.1) is 13.8 Å². The van der Waals surface area contributed by atoms with Gasteiger partial charge in [0, 0.05) is 28.1 Å². The molecule has 1 amide bonds. The second-order valence-electron chi connectivity index (χ2n) is 5.78. The van der Waals surface area contributed by atoms with E-state index in [1.807, 2.05) is 49.4 Å². The summed E-state index contributed by atoms with van der Waals surface area (Å²) in [5, 5.41) is 6.17. The summed E-state index contributed by atoms with van der Waals surface area (Å²) in [6.07, 6.45) is 0. The van der Waals surface area contributed by atoms with Gasteiger partial charge in [-0.15, -0.1) is 23.1 Å². The second-order valence-corrected chi connectivity index (χ2v) is 7.89. The molecule has 0 fully saturated rings. The lowest BCUT2D eigenvalue weighted by molar-refractivity contribution is 0.0951. The van der Waals surface area contributed by atoms with Crippen LogP contribution in [0.15, 0.2) is 58.8 Å². The first-order chi connectivity index (χ1) is 12.1. The highest BCUT2D eigenvalue weighted by Crippen LogP contribution is 2.23. The molecule has 0 atom stereocenters. The summed E-state index contributed by atoms with van der Waals surface area (Å²) < 4.78 is 0. The third-order valence-corrected chi connectivity index (χ3v) is 5.74. The molecule has 0 radical (unpaired) electrons. The molecule has 1 heterocycles. The SMILES string of the molecule is Cc1nc(CSc2ccc(C(=O)NCc3ccccc3C)cc2)cs1. The van der Waals surface area contributed by atoms with E-state index in [9.17, 15) is 4.79 Å². The molecule has 0 saturated heterocycles. The van der Waals surface area contributed by atoms with E-state index in [0.29, 0.717) is 12.1 Å². The lowest BCUT2D eigenvalue weighted by Crippen LogP contribution is -2.23. The summed E-state index contributed by atoms with van der Waals surface area (Å²) in [7, 11) is 0. The van der Waals surface area contributed by atoms with Crippen molar-refractivity contribution < 1.29 is 4.79 Å². The van der Waals surface area contributed by atoms with Gasteiger partial charge < -0.3 is 5.32 Å². The highest BCUT2D eigenvalue weighted by molar-refractivity contribution is 7.98. The number of aryl methyl sites for hydroxylation is 2. The van der Waals surface area contributed by atoms with E-state index >= 15 is 0 Å². The quantitative estimate of drug-likeness (QED) is 0.624. The predicted molar refractivity (Wildman–Crippen MR) is 105 cm³/mol. The van der Waals surface area contributed by atoms with Crippen molar-refractivity contribution in [3.05, 3.63) is 81.3 Å². The molecular formula is C20H20N2OS2. The molecule has 0 aliphatic rings. The van der Waals surface area contributed by atoms with Gasteiger partial charge in [0.2, 0.25) is 0 Å². The first-order valence-corrected chi connectivity index (χ1v) is 9.95. The molecule has 0 unspecified atom stereocenters. The lowest BCUT2D eigenvalue weighted by Gasteiger charge is -2.08. The van der Waals surface area contributed by atoms with Crippen LogP contribution in [0.1, 0.15) is 32.2 Å². The smallest absolute Gasteiger partial charge is 0.251 e. The van der Waals surface area contributed by atoms with Gasteiger partial charge in [0.05, 0.1) is 10.7 Å². The molecule has 1 aromatic heterocycles. The minimum atomic E-state index is -0.0464. The molecule has 0 aliphatic heterocycles. The first-order valence-electron chi connectivity index (χ1n) is 8.08. The third-order valence-electron chi connectivity index (χ3n) is 3.87. The third kappa shape index (κ3) is 4.94. The van der Waals surface area contributed by atoms with Crippen LogP contribution >= 0.6 is 23.1 Å². The zero-order valence-electron chi connectivity index (χ0n) is 14.3. The van der Waals surface area contributed by atoms with Crippen LogP contribution in [0.3, 0.4) is 0 Å². The Bertz CT molecular complexity index is 856. The molecule has 25 heavy (non-hydrogen) atoms. The molecule has 3 rings (SSSR count). The average molecular weight is 369 g/mol. The summed E-state index contributed by atoms with van der Waals surface area (Å²) in [4.78, 5) is 17.9. The number of benzene rings is 2. The number of thiazole rings is 1. The topological polar surface area (TPSA) is 42.0 Å². The second kappa shape index (κ2) is 8.32. The van der Waals surface area contributed by atoms with Gasteiger partial charge in [-0.1, -0.05) is 24.3 Å². The van der Waals surface area contributed by atoms with Gasteiger partial charge in [0.1, 0.15) is 0 Å². The molecular weight excluding hydrogens is 348 g/mol. The van der Waals surface area contributed by atoms with Gasteiger partial charge in [-0.3, -0.25) is 4.79 Å². The van der Waals surface area contributed by atoms with Crippen molar-refractivity contribution in [2.24, 2.45) is 0 Å². The summed E-state index contributed by atoms with van der Waals surface area (Å²) in [6, 6.07) is 15.8. The van der Waals surface area contributed by atoms with Crippen molar-refractivity contribution in [1.82, 2.24) is 10.3 Å². The van der Waals surface area contributed by atoms with Gasteiger partial charge in [0.15, 0.2) is 0 Å². The van der Waals surface area contributed by atoms with Crippen LogP contribution in [0.25, 0.3) is 0 Å². The molecule has 128 valence electrons. The van der Waals surface area contributed by atoms with Gasteiger partial charge in [-0.2, -0.15) is 0 Å². The fourth-order valence-corrected chi connectivity index (χ4v) is 3.93. The van der Waals surface area contributed by atoms with E-state index < -0.39 is 0 Å². The Kier molecular flexibility index (Phi) is 5.89. The predicted octanol–water partition coefficient (Wildman–Crippen LogP) is 4.98. The zero-order chi connectivity index (χ0) is 17.6. The van der Waals surface area contributed by atoms with E-state index in [1.165, 1.54) is 5.56 Å². The maximum Gasteiger partial charge on any atom is 0.251 e. The van der Waals surface area contributed by atoms with E-state index in [0.717, 1.165) is 26.9 Å². The summed E-state index contributed by atoms with van der Waals surface area (Å²) >= 11 is 3.41. The number of carbonyl (C=O) groups excluding carboxylic acids is 1. The monoisotopic (exact) mass is 368 g/mol. The molecule has 0 aliphatic carbocycles. The average Bonchev–Trinajstić information content (AvgIpc) is 3.05. The van der Waals surface area contributed by atoms with Crippen LogP contribution in [0.2, 0.25) is 0 Å². The summed E-state index contributed by atoms with van der Waals surface area (Å²) in [5.41, 5.74) is 4.11.